The second-order valence-corrected chi connectivity index (χ2v) is 12.2. The molecule has 3 N–H and O–H groups in total. The number of aromatic nitrogens is 2. The van der Waals surface area contributed by atoms with Crippen molar-refractivity contribution < 1.29 is 23.1 Å². The van der Waals surface area contributed by atoms with Crippen molar-refractivity contribution in [2.45, 2.75) is 17.5 Å². The highest BCUT2D eigenvalue weighted by atomic mass is 127. The SMILES string of the molecule is C[C@@](NC(=O)c1ccc(I)cc1NS(=O)(=O)c1nccc2sncc12)(C(=O)O)c1ccc(Cl)c(Cl)c1. The number of sulfonamides is 1. The van der Waals surface area contributed by atoms with Gasteiger partial charge in [-0.05, 0) is 83.0 Å². The number of anilines is 1. The van der Waals surface area contributed by atoms with E-state index < -0.39 is 27.4 Å². The number of carbonyl (C=O) groups is 2. The Morgan fingerprint density at radius 3 is 2.56 bits per heavy atom. The molecule has 2 aromatic heterocycles. The molecule has 1 amide bonds. The summed E-state index contributed by atoms with van der Waals surface area (Å²) >= 11 is 15.1. The van der Waals surface area contributed by atoms with Crippen LogP contribution in [0.1, 0.15) is 22.8 Å². The van der Waals surface area contributed by atoms with E-state index in [0.29, 0.717) is 13.7 Å². The lowest BCUT2D eigenvalue weighted by molar-refractivity contribution is -0.144. The van der Waals surface area contributed by atoms with Crippen LogP contribution in [0.3, 0.4) is 0 Å². The van der Waals surface area contributed by atoms with Crippen LogP contribution in [0.25, 0.3) is 10.1 Å². The molecule has 36 heavy (non-hydrogen) atoms. The van der Waals surface area contributed by atoms with Crippen LogP contribution >= 0.6 is 57.3 Å². The van der Waals surface area contributed by atoms with Crippen LogP contribution in [0.4, 0.5) is 5.69 Å². The molecular formula is C22H15Cl2IN4O5S2. The number of hydrogen-bond donors (Lipinski definition) is 3. The molecule has 2 heterocycles. The zero-order valence-corrected chi connectivity index (χ0v) is 23.4. The Hall–Kier alpha value is -2.52. The monoisotopic (exact) mass is 676 g/mol. The first kappa shape index (κ1) is 26.5. The molecule has 4 rings (SSSR count). The molecule has 0 bridgehead atoms. The van der Waals surface area contributed by atoms with Crippen molar-refractivity contribution in [3.63, 3.8) is 0 Å². The predicted molar refractivity (Wildman–Crippen MR) is 146 cm³/mol. The summed E-state index contributed by atoms with van der Waals surface area (Å²) in [5.41, 5.74) is -1.88. The second kappa shape index (κ2) is 10.1. The zero-order valence-electron chi connectivity index (χ0n) is 18.1. The van der Waals surface area contributed by atoms with Gasteiger partial charge in [0.15, 0.2) is 10.6 Å². The van der Waals surface area contributed by atoms with Crippen molar-refractivity contribution in [2.75, 3.05) is 4.72 Å². The highest BCUT2D eigenvalue weighted by Crippen LogP contribution is 2.31. The molecule has 0 aliphatic carbocycles. The lowest BCUT2D eigenvalue weighted by Gasteiger charge is -2.27. The molecule has 0 radical (unpaired) electrons. The van der Waals surface area contributed by atoms with Gasteiger partial charge in [-0.1, -0.05) is 29.3 Å². The molecule has 186 valence electrons. The average Bonchev–Trinajstić information content (AvgIpc) is 3.29. The van der Waals surface area contributed by atoms with Crippen LogP contribution in [-0.4, -0.2) is 34.8 Å². The molecule has 0 saturated heterocycles. The van der Waals surface area contributed by atoms with Gasteiger partial charge in [0.25, 0.3) is 15.9 Å². The predicted octanol–water partition coefficient (Wildman–Crippen LogP) is 5.13. The number of fused-ring (bicyclic) bond motifs is 1. The minimum absolute atomic E-state index is 0.0525. The minimum Gasteiger partial charge on any atom is -0.479 e. The van der Waals surface area contributed by atoms with Crippen molar-refractivity contribution >= 4 is 95.0 Å². The highest BCUT2D eigenvalue weighted by molar-refractivity contribution is 14.1. The fourth-order valence-corrected chi connectivity index (χ4v) is 6.03. The van der Waals surface area contributed by atoms with E-state index in [4.69, 9.17) is 23.2 Å². The van der Waals surface area contributed by atoms with Crippen molar-refractivity contribution in [1.82, 2.24) is 14.7 Å². The number of carboxylic acid groups (broad SMARTS) is 1. The van der Waals surface area contributed by atoms with E-state index >= 15 is 0 Å². The van der Waals surface area contributed by atoms with E-state index in [0.717, 1.165) is 11.5 Å². The molecule has 0 aliphatic rings. The molecule has 14 heteroatoms. The van der Waals surface area contributed by atoms with Gasteiger partial charge in [-0.25, -0.2) is 9.78 Å². The molecule has 2 aromatic carbocycles. The van der Waals surface area contributed by atoms with Gasteiger partial charge in [0, 0.05) is 9.77 Å². The molecule has 1 atom stereocenters. The van der Waals surface area contributed by atoms with Gasteiger partial charge in [-0.15, -0.1) is 0 Å². The van der Waals surface area contributed by atoms with E-state index in [9.17, 15) is 23.1 Å². The first-order chi connectivity index (χ1) is 16.9. The number of halogens is 3. The van der Waals surface area contributed by atoms with Gasteiger partial charge in [0.2, 0.25) is 0 Å². The maximum atomic E-state index is 13.3. The van der Waals surface area contributed by atoms with Gasteiger partial charge in [-0.3, -0.25) is 9.52 Å². The van der Waals surface area contributed by atoms with Crippen molar-refractivity contribution in [3.05, 3.63) is 79.6 Å². The Morgan fingerprint density at radius 2 is 1.86 bits per heavy atom. The lowest BCUT2D eigenvalue weighted by Crippen LogP contribution is -2.49. The van der Waals surface area contributed by atoms with Crippen LogP contribution in [-0.2, 0) is 20.4 Å². The zero-order chi connectivity index (χ0) is 26.3. The third-order valence-electron chi connectivity index (χ3n) is 5.26. The number of carbonyl (C=O) groups excluding carboxylic acids is 1. The number of pyridine rings is 1. The lowest BCUT2D eigenvalue weighted by atomic mass is 9.91. The Bertz CT molecular complexity index is 1630. The van der Waals surface area contributed by atoms with Crippen molar-refractivity contribution in [2.24, 2.45) is 0 Å². The molecule has 0 spiro atoms. The number of rotatable bonds is 7. The van der Waals surface area contributed by atoms with Crippen LogP contribution in [0, 0.1) is 3.57 Å². The largest absolute Gasteiger partial charge is 0.479 e. The third kappa shape index (κ3) is 5.13. The molecule has 0 aliphatic heterocycles. The number of nitrogens with zero attached hydrogens (tertiary/aromatic N) is 2. The van der Waals surface area contributed by atoms with Gasteiger partial charge in [0.05, 0.1) is 37.6 Å². The number of aliphatic carboxylic acids is 1. The van der Waals surface area contributed by atoms with E-state index in [1.165, 1.54) is 49.6 Å². The number of nitrogens with one attached hydrogen (secondary N) is 2. The number of benzene rings is 2. The molecule has 0 unspecified atom stereocenters. The highest BCUT2D eigenvalue weighted by Gasteiger charge is 2.38. The molecule has 4 aromatic rings. The van der Waals surface area contributed by atoms with E-state index in [2.05, 4.69) is 19.4 Å². The first-order valence-corrected chi connectivity index (χ1v) is 14.0. The van der Waals surface area contributed by atoms with E-state index in [-0.39, 0.29) is 31.9 Å². The summed E-state index contributed by atoms with van der Waals surface area (Å²) in [5, 5.41) is 12.9. The average molecular weight is 677 g/mol. The fourth-order valence-electron chi connectivity index (χ4n) is 3.33. The normalized spacial score (nSPS) is 13.2. The summed E-state index contributed by atoms with van der Waals surface area (Å²) in [6.07, 6.45) is 2.76. The number of amides is 1. The summed E-state index contributed by atoms with van der Waals surface area (Å²) in [6, 6.07) is 10.3. The minimum atomic E-state index is -4.23. The first-order valence-electron chi connectivity index (χ1n) is 9.95. The topological polar surface area (TPSA) is 138 Å². The van der Waals surface area contributed by atoms with Gasteiger partial charge < -0.3 is 10.4 Å². The standard InChI is InChI=1S/C22H15Cl2IN4O5S2/c1-22(21(31)32,11-2-5-15(23)16(24)8-11)28-19(30)13-4-3-12(25)9-17(13)29-36(33,34)20-14-10-27-35-18(14)6-7-26-20/h2-10,29H,1H3,(H,28,30)(H,31,32)/t22-/m0/s1. The maximum absolute atomic E-state index is 13.3. The summed E-state index contributed by atoms with van der Waals surface area (Å²) in [7, 11) is -4.23. The van der Waals surface area contributed by atoms with Crippen LogP contribution in [0.5, 0.6) is 0 Å². The third-order valence-corrected chi connectivity index (χ3v) is 8.76. The molecular weight excluding hydrogens is 662 g/mol. The van der Waals surface area contributed by atoms with Crippen molar-refractivity contribution in [1.29, 1.82) is 0 Å². The van der Waals surface area contributed by atoms with E-state index in [1.54, 1.807) is 12.1 Å². The Kier molecular flexibility index (Phi) is 7.44. The fraction of sp³-hybridized carbons (Fsp3) is 0.0909. The summed E-state index contributed by atoms with van der Waals surface area (Å²) in [4.78, 5) is 29.5. The van der Waals surface area contributed by atoms with Gasteiger partial charge in [0.1, 0.15) is 0 Å². The number of hydrogen-bond acceptors (Lipinski definition) is 7. The van der Waals surface area contributed by atoms with E-state index in [1.807, 2.05) is 22.6 Å². The Balaban J connectivity index is 1.72. The van der Waals surface area contributed by atoms with Gasteiger partial charge in [-0.2, -0.15) is 12.8 Å². The Labute approximate surface area is 233 Å². The van der Waals surface area contributed by atoms with Crippen LogP contribution in [0.2, 0.25) is 10.0 Å². The summed E-state index contributed by atoms with van der Waals surface area (Å²) in [6.45, 7) is 1.29. The van der Waals surface area contributed by atoms with Crippen LogP contribution in [0.15, 0.2) is 59.9 Å². The summed E-state index contributed by atoms with van der Waals surface area (Å²) < 4.78 is 34.2. The molecule has 0 saturated carbocycles. The molecule has 0 fully saturated rings. The van der Waals surface area contributed by atoms with Crippen molar-refractivity contribution in [3.8, 4) is 0 Å². The quantitative estimate of drug-likeness (QED) is 0.231. The molecule has 9 nitrogen and oxygen atoms in total. The van der Waals surface area contributed by atoms with Gasteiger partial charge >= 0.3 is 5.97 Å². The summed E-state index contributed by atoms with van der Waals surface area (Å²) in [5.74, 6) is -2.19. The van der Waals surface area contributed by atoms with Crippen LogP contribution < -0.4 is 10.0 Å². The second-order valence-electron chi connectivity index (χ2n) is 7.66. The Morgan fingerprint density at radius 1 is 1.11 bits per heavy atom. The number of carboxylic acids is 1. The smallest absolute Gasteiger partial charge is 0.333 e. The maximum Gasteiger partial charge on any atom is 0.333 e.